The zero-order valence-electron chi connectivity index (χ0n) is 7.97. The SMILES string of the molecule is CC(C)CC(N)CO.NS(N)(=O)=O. The number of aliphatic hydroxyl groups excluding tert-OH is 1. The van der Waals surface area contributed by atoms with Gasteiger partial charge in [0.05, 0.1) is 6.61 Å². The summed E-state index contributed by atoms with van der Waals surface area (Å²) in [5.74, 6) is 0.595. The van der Waals surface area contributed by atoms with Gasteiger partial charge in [-0.3, -0.25) is 0 Å². The molecule has 13 heavy (non-hydrogen) atoms. The fourth-order valence-corrected chi connectivity index (χ4v) is 0.680. The summed E-state index contributed by atoms with van der Waals surface area (Å²) in [7, 11) is -3.67. The number of nitrogens with two attached hydrogens (primary N) is 3. The maximum Gasteiger partial charge on any atom is 0.271 e. The van der Waals surface area contributed by atoms with Crippen LogP contribution in [0.4, 0.5) is 0 Å². The van der Waals surface area contributed by atoms with Crippen LogP contribution < -0.4 is 16.0 Å². The first-order valence-electron chi connectivity index (χ1n) is 3.83. The summed E-state index contributed by atoms with van der Waals surface area (Å²) < 4.78 is 18.4. The largest absolute Gasteiger partial charge is 0.395 e. The molecule has 0 aliphatic heterocycles. The number of hydrogen-bond acceptors (Lipinski definition) is 4. The van der Waals surface area contributed by atoms with E-state index in [9.17, 15) is 8.42 Å². The third-order valence-electron chi connectivity index (χ3n) is 1.01. The first-order chi connectivity index (χ1) is 5.66. The average Bonchev–Trinajstić information content (AvgIpc) is 1.82. The Kier molecular flexibility index (Phi) is 8.48. The van der Waals surface area contributed by atoms with E-state index in [0.29, 0.717) is 5.92 Å². The lowest BCUT2D eigenvalue weighted by molar-refractivity contribution is 0.250. The average molecular weight is 213 g/mol. The second kappa shape index (κ2) is 7.22. The van der Waals surface area contributed by atoms with Gasteiger partial charge in [0.15, 0.2) is 0 Å². The Balaban J connectivity index is 0. The van der Waals surface area contributed by atoms with Gasteiger partial charge >= 0.3 is 0 Å². The lowest BCUT2D eigenvalue weighted by Gasteiger charge is -2.09. The molecule has 0 rings (SSSR count). The van der Waals surface area contributed by atoms with E-state index in [1.54, 1.807) is 0 Å². The van der Waals surface area contributed by atoms with Crippen molar-refractivity contribution in [3.05, 3.63) is 0 Å². The van der Waals surface area contributed by atoms with Gasteiger partial charge in [0.25, 0.3) is 10.2 Å². The van der Waals surface area contributed by atoms with Crippen molar-refractivity contribution in [2.24, 2.45) is 21.9 Å². The summed E-state index contributed by atoms with van der Waals surface area (Å²) in [6.07, 6.45) is 0.913. The molecule has 0 radical (unpaired) electrons. The van der Waals surface area contributed by atoms with Crippen LogP contribution in [0, 0.1) is 5.92 Å². The van der Waals surface area contributed by atoms with Crippen molar-refractivity contribution in [3.63, 3.8) is 0 Å². The van der Waals surface area contributed by atoms with Crippen molar-refractivity contribution >= 4 is 10.2 Å². The molecule has 0 aromatic rings. The third kappa shape index (κ3) is 33.7. The van der Waals surface area contributed by atoms with Gasteiger partial charge in [-0.2, -0.15) is 8.42 Å². The molecule has 0 aliphatic rings. The van der Waals surface area contributed by atoms with Gasteiger partial charge in [-0.25, -0.2) is 10.3 Å². The Hall–Kier alpha value is -0.210. The van der Waals surface area contributed by atoms with E-state index >= 15 is 0 Å². The van der Waals surface area contributed by atoms with E-state index in [2.05, 4.69) is 24.1 Å². The van der Waals surface area contributed by atoms with Gasteiger partial charge in [-0.15, -0.1) is 0 Å². The predicted octanol–water partition coefficient (Wildman–Crippen LogP) is -1.50. The van der Waals surface area contributed by atoms with Crippen LogP contribution in [0.3, 0.4) is 0 Å². The van der Waals surface area contributed by atoms with Crippen LogP contribution in [-0.2, 0) is 10.2 Å². The van der Waals surface area contributed by atoms with Crippen molar-refractivity contribution in [2.45, 2.75) is 26.3 Å². The molecule has 0 bridgehead atoms. The first kappa shape index (κ1) is 15.3. The molecule has 0 amide bonds. The fourth-order valence-electron chi connectivity index (χ4n) is 0.680. The monoisotopic (exact) mass is 213 g/mol. The van der Waals surface area contributed by atoms with Crippen LogP contribution >= 0.6 is 0 Å². The zero-order chi connectivity index (χ0) is 11.1. The van der Waals surface area contributed by atoms with Gasteiger partial charge in [0, 0.05) is 6.04 Å². The standard InChI is InChI=1S/C6H15NO.H4N2O2S/c1-5(2)3-6(7)4-8;1-5(2,3)4/h5-6,8H,3-4,7H2,1-2H3;(H4,1,2,3,4). The van der Waals surface area contributed by atoms with Crippen molar-refractivity contribution in [2.75, 3.05) is 6.61 Å². The molecule has 0 spiro atoms. The molecule has 0 aromatic carbocycles. The summed E-state index contributed by atoms with van der Waals surface area (Å²) in [5, 5.41) is 16.7. The molecular weight excluding hydrogens is 194 g/mol. The Morgan fingerprint density at radius 1 is 1.31 bits per heavy atom. The second-order valence-electron chi connectivity index (χ2n) is 3.16. The quantitative estimate of drug-likeness (QED) is 0.454. The van der Waals surface area contributed by atoms with E-state index in [1.807, 2.05) is 0 Å². The van der Waals surface area contributed by atoms with Crippen molar-refractivity contribution < 1.29 is 13.5 Å². The topological polar surface area (TPSA) is 132 Å². The van der Waals surface area contributed by atoms with Crippen LogP contribution in [0.1, 0.15) is 20.3 Å². The normalized spacial score (nSPS) is 13.5. The summed E-state index contributed by atoms with van der Waals surface area (Å²) in [4.78, 5) is 0. The van der Waals surface area contributed by atoms with Crippen LogP contribution in [-0.4, -0.2) is 26.2 Å². The van der Waals surface area contributed by atoms with Crippen molar-refractivity contribution in [3.8, 4) is 0 Å². The third-order valence-corrected chi connectivity index (χ3v) is 1.01. The molecule has 7 N–H and O–H groups in total. The van der Waals surface area contributed by atoms with E-state index < -0.39 is 10.2 Å². The molecule has 82 valence electrons. The van der Waals surface area contributed by atoms with Crippen molar-refractivity contribution in [1.29, 1.82) is 0 Å². The molecule has 0 fully saturated rings. The van der Waals surface area contributed by atoms with Crippen LogP contribution in [0.15, 0.2) is 0 Å². The Morgan fingerprint density at radius 3 is 1.69 bits per heavy atom. The minimum absolute atomic E-state index is 0.0185. The lowest BCUT2D eigenvalue weighted by Crippen LogP contribution is -2.25. The van der Waals surface area contributed by atoms with Crippen LogP contribution in [0.5, 0.6) is 0 Å². The molecule has 1 atom stereocenters. The molecule has 6 nitrogen and oxygen atoms in total. The highest BCUT2D eigenvalue weighted by Crippen LogP contribution is 2.00. The minimum Gasteiger partial charge on any atom is -0.395 e. The van der Waals surface area contributed by atoms with E-state index in [4.69, 9.17) is 10.8 Å². The molecule has 0 saturated carbocycles. The highest BCUT2D eigenvalue weighted by molar-refractivity contribution is 7.86. The molecule has 0 saturated heterocycles. The molecule has 0 aliphatic carbocycles. The molecule has 0 aromatic heterocycles. The summed E-state index contributed by atoms with van der Waals surface area (Å²) in [5.41, 5.74) is 5.42. The van der Waals surface area contributed by atoms with Gasteiger partial charge < -0.3 is 10.8 Å². The van der Waals surface area contributed by atoms with Gasteiger partial charge in [0.1, 0.15) is 0 Å². The Morgan fingerprint density at radius 2 is 1.62 bits per heavy atom. The Labute approximate surface area is 79.3 Å². The Bertz CT molecular complexity index is 195. The number of aliphatic hydroxyl groups is 1. The second-order valence-corrected chi connectivity index (χ2v) is 4.34. The van der Waals surface area contributed by atoms with Crippen LogP contribution in [0.25, 0.3) is 0 Å². The molecule has 1 unspecified atom stereocenters. The van der Waals surface area contributed by atoms with Gasteiger partial charge in [-0.05, 0) is 12.3 Å². The van der Waals surface area contributed by atoms with Crippen LogP contribution in [0.2, 0.25) is 0 Å². The zero-order valence-corrected chi connectivity index (χ0v) is 8.79. The maximum absolute atomic E-state index is 9.19. The highest BCUT2D eigenvalue weighted by Gasteiger charge is 2.01. The predicted molar refractivity (Wildman–Crippen MR) is 51.8 cm³/mol. The molecular formula is C6H19N3O3S. The maximum atomic E-state index is 9.19. The number of rotatable bonds is 3. The lowest BCUT2D eigenvalue weighted by atomic mass is 10.1. The van der Waals surface area contributed by atoms with Gasteiger partial charge in [-0.1, -0.05) is 13.8 Å². The summed E-state index contributed by atoms with van der Waals surface area (Å²) in [6.45, 7) is 4.29. The van der Waals surface area contributed by atoms with Gasteiger partial charge in [0.2, 0.25) is 0 Å². The van der Waals surface area contributed by atoms with E-state index in [0.717, 1.165) is 6.42 Å². The molecule has 7 heteroatoms. The van der Waals surface area contributed by atoms with E-state index in [-0.39, 0.29) is 12.6 Å². The molecule has 0 heterocycles. The van der Waals surface area contributed by atoms with Crippen molar-refractivity contribution in [1.82, 2.24) is 0 Å². The minimum atomic E-state index is -3.67. The summed E-state index contributed by atoms with van der Waals surface area (Å²) >= 11 is 0. The summed E-state index contributed by atoms with van der Waals surface area (Å²) in [6, 6.07) is -0.0185. The van der Waals surface area contributed by atoms with E-state index in [1.165, 1.54) is 0 Å². The number of hydrogen-bond donors (Lipinski definition) is 4. The first-order valence-corrected chi connectivity index (χ1v) is 5.44. The fraction of sp³-hybridized carbons (Fsp3) is 1.00. The highest BCUT2D eigenvalue weighted by atomic mass is 32.2. The smallest absolute Gasteiger partial charge is 0.271 e.